The Morgan fingerprint density at radius 2 is 2.21 bits per heavy atom. The zero-order valence-corrected chi connectivity index (χ0v) is 10.8. The molecule has 1 aromatic rings. The number of nitro benzene ring substituents is 1. The summed E-state index contributed by atoms with van der Waals surface area (Å²) in [6.45, 7) is 1.95. The molecule has 6 heteroatoms. The maximum absolute atomic E-state index is 12.1. The Balaban J connectivity index is 2.13. The predicted octanol–water partition coefficient (Wildman–Crippen LogP) is 2.10. The second-order valence-electron chi connectivity index (χ2n) is 4.98. The molecule has 0 bridgehead atoms. The van der Waals surface area contributed by atoms with Crippen LogP contribution in [0.3, 0.4) is 0 Å². The van der Waals surface area contributed by atoms with Crippen molar-refractivity contribution in [3.63, 3.8) is 0 Å². The minimum atomic E-state index is -0.536. The minimum Gasteiger partial charge on any atom is -0.398 e. The van der Waals surface area contributed by atoms with Gasteiger partial charge in [-0.15, -0.1) is 0 Å². The molecule has 1 aliphatic rings. The molecule has 3 N–H and O–H groups in total. The molecule has 0 aromatic heterocycles. The number of nitrogens with zero attached hydrogens (tertiary/aromatic N) is 1. The molecule has 1 amide bonds. The van der Waals surface area contributed by atoms with Crippen molar-refractivity contribution in [2.45, 2.75) is 32.2 Å². The third kappa shape index (κ3) is 2.83. The molecule has 0 radical (unpaired) electrons. The fraction of sp³-hybridized carbons (Fsp3) is 0.462. The molecule has 102 valence electrons. The van der Waals surface area contributed by atoms with Gasteiger partial charge in [-0.25, -0.2) is 0 Å². The molecule has 1 saturated carbocycles. The summed E-state index contributed by atoms with van der Waals surface area (Å²) in [5.41, 5.74) is 6.00. The number of hydrogen-bond acceptors (Lipinski definition) is 4. The van der Waals surface area contributed by atoms with Crippen LogP contribution in [-0.4, -0.2) is 16.9 Å². The second kappa shape index (κ2) is 5.26. The van der Waals surface area contributed by atoms with Crippen molar-refractivity contribution in [2.75, 3.05) is 5.73 Å². The highest BCUT2D eigenvalue weighted by atomic mass is 16.6. The van der Waals surface area contributed by atoms with Crippen LogP contribution in [0.5, 0.6) is 0 Å². The maximum atomic E-state index is 12.1. The van der Waals surface area contributed by atoms with Gasteiger partial charge in [0.15, 0.2) is 0 Å². The first kappa shape index (κ1) is 13.3. The molecule has 0 spiro atoms. The number of non-ortho nitro benzene ring substituents is 1. The maximum Gasteiger partial charge on any atom is 0.270 e. The molecule has 6 nitrogen and oxygen atoms in total. The Morgan fingerprint density at radius 3 is 2.74 bits per heavy atom. The summed E-state index contributed by atoms with van der Waals surface area (Å²) in [5.74, 6) is 0.157. The molecular weight excluding hydrogens is 246 g/mol. The van der Waals surface area contributed by atoms with E-state index in [9.17, 15) is 14.9 Å². The van der Waals surface area contributed by atoms with Crippen LogP contribution in [0, 0.1) is 16.0 Å². The number of anilines is 1. The number of hydrogen-bond donors (Lipinski definition) is 2. The van der Waals surface area contributed by atoms with Crippen molar-refractivity contribution in [1.29, 1.82) is 0 Å². The molecule has 2 rings (SSSR count). The van der Waals surface area contributed by atoms with Crippen molar-refractivity contribution < 1.29 is 9.72 Å². The van der Waals surface area contributed by atoms with E-state index in [1.54, 1.807) is 0 Å². The summed E-state index contributed by atoms with van der Waals surface area (Å²) in [5, 5.41) is 13.6. The Bertz CT molecular complexity index is 512. The van der Waals surface area contributed by atoms with E-state index in [0.717, 1.165) is 12.8 Å². The topological polar surface area (TPSA) is 98.3 Å². The number of carbonyl (C=O) groups is 1. The van der Waals surface area contributed by atoms with Crippen LogP contribution in [0.25, 0.3) is 0 Å². The van der Waals surface area contributed by atoms with Crippen molar-refractivity contribution >= 4 is 17.3 Å². The fourth-order valence-corrected chi connectivity index (χ4v) is 2.20. The zero-order valence-electron chi connectivity index (χ0n) is 10.8. The number of benzene rings is 1. The Kier molecular flexibility index (Phi) is 3.69. The van der Waals surface area contributed by atoms with Gasteiger partial charge in [0.1, 0.15) is 0 Å². The van der Waals surface area contributed by atoms with Gasteiger partial charge in [0, 0.05) is 23.9 Å². The van der Waals surface area contributed by atoms with E-state index in [2.05, 4.69) is 5.32 Å². The van der Waals surface area contributed by atoms with Crippen LogP contribution in [0.4, 0.5) is 11.4 Å². The van der Waals surface area contributed by atoms with Crippen LogP contribution < -0.4 is 11.1 Å². The summed E-state index contributed by atoms with van der Waals surface area (Å²) >= 11 is 0. The molecule has 1 atom stereocenters. The molecule has 19 heavy (non-hydrogen) atoms. The molecule has 0 aliphatic heterocycles. The van der Waals surface area contributed by atoms with Gasteiger partial charge in [-0.3, -0.25) is 14.9 Å². The van der Waals surface area contributed by atoms with E-state index < -0.39 is 4.92 Å². The number of rotatable bonds is 4. The molecule has 0 saturated heterocycles. The lowest BCUT2D eigenvalue weighted by Crippen LogP contribution is -2.40. The highest BCUT2D eigenvalue weighted by molar-refractivity contribution is 5.99. The molecule has 1 aromatic carbocycles. The standard InChI is InChI=1S/C13H17N3O3/c1-8(9-3-2-4-9)15-13(17)11-7-10(16(18)19)5-6-12(11)14/h5-9H,2-4,14H2,1H3,(H,15,17). The monoisotopic (exact) mass is 263 g/mol. The first-order valence-electron chi connectivity index (χ1n) is 6.34. The predicted molar refractivity (Wildman–Crippen MR) is 71.8 cm³/mol. The molecule has 1 fully saturated rings. The molecule has 1 aliphatic carbocycles. The highest BCUT2D eigenvalue weighted by Gasteiger charge is 2.26. The number of nitrogen functional groups attached to an aromatic ring is 1. The lowest BCUT2D eigenvalue weighted by molar-refractivity contribution is -0.384. The van der Waals surface area contributed by atoms with Gasteiger partial charge in [-0.2, -0.15) is 0 Å². The summed E-state index contributed by atoms with van der Waals surface area (Å²) in [6.07, 6.45) is 3.43. The number of carbonyl (C=O) groups excluding carboxylic acids is 1. The lowest BCUT2D eigenvalue weighted by atomic mass is 9.80. The zero-order chi connectivity index (χ0) is 14.0. The van der Waals surface area contributed by atoms with Crippen LogP contribution in [0.2, 0.25) is 0 Å². The third-order valence-corrected chi connectivity index (χ3v) is 3.71. The Hall–Kier alpha value is -2.11. The van der Waals surface area contributed by atoms with Crippen molar-refractivity contribution in [1.82, 2.24) is 5.32 Å². The van der Waals surface area contributed by atoms with E-state index in [0.29, 0.717) is 5.92 Å². The van der Waals surface area contributed by atoms with E-state index in [1.807, 2.05) is 6.92 Å². The van der Waals surface area contributed by atoms with Crippen molar-refractivity contribution in [3.8, 4) is 0 Å². The van der Waals surface area contributed by atoms with Gasteiger partial charge in [0.05, 0.1) is 10.5 Å². The van der Waals surface area contributed by atoms with Crippen LogP contribution in [-0.2, 0) is 0 Å². The Labute approximate surface area is 111 Å². The van der Waals surface area contributed by atoms with Gasteiger partial charge in [-0.1, -0.05) is 6.42 Å². The largest absolute Gasteiger partial charge is 0.398 e. The fourth-order valence-electron chi connectivity index (χ4n) is 2.20. The van der Waals surface area contributed by atoms with Gasteiger partial charge in [0.25, 0.3) is 11.6 Å². The van der Waals surface area contributed by atoms with E-state index in [4.69, 9.17) is 5.73 Å². The summed E-state index contributed by atoms with van der Waals surface area (Å²) in [6, 6.07) is 3.97. The highest BCUT2D eigenvalue weighted by Crippen LogP contribution is 2.29. The van der Waals surface area contributed by atoms with E-state index >= 15 is 0 Å². The average molecular weight is 263 g/mol. The smallest absolute Gasteiger partial charge is 0.270 e. The van der Waals surface area contributed by atoms with Crippen LogP contribution >= 0.6 is 0 Å². The first-order valence-corrected chi connectivity index (χ1v) is 6.34. The molecule has 0 heterocycles. The Morgan fingerprint density at radius 1 is 1.53 bits per heavy atom. The first-order chi connectivity index (χ1) is 8.99. The van der Waals surface area contributed by atoms with E-state index in [-0.39, 0.29) is 28.9 Å². The van der Waals surface area contributed by atoms with Crippen molar-refractivity contribution in [2.24, 2.45) is 5.92 Å². The second-order valence-corrected chi connectivity index (χ2v) is 4.98. The average Bonchev–Trinajstić information content (AvgIpc) is 2.26. The number of nitrogens with two attached hydrogens (primary N) is 1. The minimum absolute atomic E-state index is 0.0694. The number of nitro groups is 1. The summed E-state index contributed by atoms with van der Waals surface area (Å²) < 4.78 is 0. The van der Waals surface area contributed by atoms with Gasteiger partial charge in [-0.05, 0) is 31.7 Å². The molecular formula is C13H17N3O3. The number of nitrogens with one attached hydrogen (secondary N) is 1. The van der Waals surface area contributed by atoms with Crippen LogP contribution in [0.15, 0.2) is 18.2 Å². The molecule has 1 unspecified atom stereocenters. The van der Waals surface area contributed by atoms with Gasteiger partial charge < -0.3 is 11.1 Å². The quantitative estimate of drug-likeness (QED) is 0.493. The number of amides is 1. The normalized spacial score (nSPS) is 16.5. The van der Waals surface area contributed by atoms with Crippen molar-refractivity contribution in [3.05, 3.63) is 33.9 Å². The van der Waals surface area contributed by atoms with Gasteiger partial charge in [0.2, 0.25) is 0 Å². The van der Waals surface area contributed by atoms with Crippen LogP contribution in [0.1, 0.15) is 36.5 Å². The summed E-state index contributed by atoms with van der Waals surface area (Å²) in [4.78, 5) is 22.3. The third-order valence-electron chi connectivity index (χ3n) is 3.71. The van der Waals surface area contributed by atoms with E-state index in [1.165, 1.54) is 24.6 Å². The SMILES string of the molecule is CC(NC(=O)c1cc([N+](=O)[O-])ccc1N)C1CCC1. The summed E-state index contributed by atoms with van der Waals surface area (Å²) in [7, 11) is 0. The lowest BCUT2D eigenvalue weighted by Gasteiger charge is -2.31. The van der Waals surface area contributed by atoms with Gasteiger partial charge >= 0.3 is 0 Å².